The molecular weight excluding hydrogens is 452 g/mol. The first kappa shape index (κ1) is 23.7. The molecule has 3 aromatic carbocycles. The van der Waals surface area contributed by atoms with Crippen LogP contribution in [0.15, 0.2) is 77.3 Å². The molecule has 1 aliphatic carbocycles. The summed E-state index contributed by atoms with van der Waals surface area (Å²) in [6, 6.07) is 24.3. The summed E-state index contributed by atoms with van der Waals surface area (Å²) in [5, 5.41) is 17.3. The second kappa shape index (κ2) is 9.53. The van der Waals surface area contributed by atoms with Gasteiger partial charge in [0.2, 0.25) is 0 Å². The molecule has 0 spiro atoms. The lowest BCUT2D eigenvalue weighted by Gasteiger charge is -2.16. The van der Waals surface area contributed by atoms with Crippen LogP contribution in [0.3, 0.4) is 0 Å². The van der Waals surface area contributed by atoms with E-state index in [0.717, 1.165) is 45.8 Å². The molecule has 1 atom stereocenters. The molecule has 4 aromatic rings. The van der Waals surface area contributed by atoms with E-state index < -0.39 is 11.4 Å². The maximum absolute atomic E-state index is 11.6. The minimum Gasteiger partial charge on any atom is -0.497 e. The van der Waals surface area contributed by atoms with Crippen molar-refractivity contribution in [2.24, 2.45) is 0 Å². The number of hydrogen-bond donors (Lipinski definition) is 2. The minimum atomic E-state index is -0.732. The summed E-state index contributed by atoms with van der Waals surface area (Å²) in [4.78, 5) is 11.6. The number of nitrogens with one attached hydrogen (secondary N) is 1. The SMILES string of the molecule is COc1ccc(CC(C)Nc2c(C)noc2-c2ccc(-c3ccc(C4(C(=O)O)CC4)cc3)cc2)cc1. The Balaban J connectivity index is 1.30. The van der Waals surface area contributed by atoms with Crippen molar-refractivity contribution in [3.63, 3.8) is 0 Å². The number of aliphatic carboxylic acids is 1. The first-order chi connectivity index (χ1) is 17.4. The summed E-state index contributed by atoms with van der Waals surface area (Å²) in [6.07, 6.45) is 2.27. The third-order valence-electron chi connectivity index (χ3n) is 7.03. The van der Waals surface area contributed by atoms with E-state index in [4.69, 9.17) is 9.26 Å². The highest BCUT2D eigenvalue weighted by Gasteiger charge is 2.51. The molecule has 1 unspecified atom stereocenters. The summed E-state index contributed by atoms with van der Waals surface area (Å²) in [5.41, 5.74) is 6.19. The van der Waals surface area contributed by atoms with Crippen LogP contribution in [0, 0.1) is 6.92 Å². The van der Waals surface area contributed by atoms with Gasteiger partial charge in [0.1, 0.15) is 17.1 Å². The zero-order chi connectivity index (χ0) is 25.3. The number of carbonyl (C=O) groups is 1. The van der Waals surface area contributed by atoms with Crippen LogP contribution in [0.25, 0.3) is 22.5 Å². The van der Waals surface area contributed by atoms with E-state index in [1.54, 1.807) is 7.11 Å². The Hall–Kier alpha value is -4.06. The lowest BCUT2D eigenvalue weighted by atomic mass is 9.93. The molecule has 1 saturated carbocycles. The van der Waals surface area contributed by atoms with E-state index in [1.807, 2.05) is 55.5 Å². The monoisotopic (exact) mass is 482 g/mol. The summed E-state index contributed by atoms with van der Waals surface area (Å²) >= 11 is 0. The fourth-order valence-electron chi connectivity index (χ4n) is 4.70. The maximum Gasteiger partial charge on any atom is 0.314 e. The van der Waals surface area contributed by atoms with Crippen LogP contribution in [0.1, 0.15) is 36.6 Å². The van der Waals surface area contributed by atoms with Gasteiger partial charge in [-0.25, -0.2) is 0 Å². The van der Waals surface area contributed by atoms with Crippen LogP contribution in [0.2, 0.25) is 0 Å². The zero-order valence-corrected chi connectivity index (χ0v) is 20.7. The summed E-state index contributed by atoms with van der Waals surface area (Å²) < 4.78 is 11.0. The average Bonchev–Trinajstić information content (AvgIpc) is 3.64. The number of benzene rings is 3. The van der Waals surface area contributed by atoms with E-state index in [1.165, 1.54) is 5.56 Å². The fraction of sp³-hybridized carbons (Fsp3) is 0.267. The van der Waals surface area contributed by atoms with Crippen molar-refractivity contribution in [1.29, 1.82) is 0 Å². The highest BCUT2D eigenvalue weighted by molar-refractivity contribution is 5.85. The van der Waals surface area contributed by atoms with Gasteiger partial charge < -0.3 is 19.7 Å². The Bertz CT molecular complexity index is 1350. The van der Waals surface area contributed by atoms with Gasteiger partial charge in [0.15, 0.2) is 5.76 Å². The van der Waals surface area contributed by atoms with Crippen molar-refractivity contribution in [1.82, 2.24) is 5.16 Å². The molecule has 1 heterocycles. The van der Waals surface area contributed by atoms with E-state index in [-0.39, 0.29) is 6.04 Å². The largest absolute Gasteiger partial charge is 0.497 e. The van der Waals surface area contributed by atoms with Gasteiger partial charge in [-0.3, -0.25) is 4.79 Å². The van der Waals surface area contributed by atoms with E-state index >= 15 is 0 Å². The van der Waals surface area contributed by atoms with Crippen molar-refractivity contribution < 1.29 is 19.2 Å². The van der Waals surface area contributed by atoms with Gasteiger partial charge in [0.25, 0.3) is 0 Å². The number of carboxylic acids is 1. The topological polar surface area (TPSA) is 84.6 Å². The Morgan fingerprint density at radius 2 is 1.58 bits per heavy atom. The highest BCUT2D eigenvalue weighted by atomic mass is 16.5. The van der Waals surface area contributed by atoms with Gasteiger partial charge >= 0.3 is 5.97 Å². The highest BCUT2D eigenvalue weighted by Crippen LogP contribution is 2.48. The number of carboxylic acid groups (broad SMARTS) is 1. The van der Waals surface area contributed by atoms with Crippen LogP contribution >= 0.6 is 0 Å². The van der Waals surface area contributed by atoms with Crippen molar-refractivity contribution in [3.05, 3.63) is 89.6 Å². The van der Waals surface area contributed by atoms with Gasteiger partial charge in [-0.05, 0) is 67.5 Å². The number of nitrogens with zero attached hydrogens (tertiary/aromatic N) is 1. The number of hydrogen-bond acceptors (Lipinski definition) is 5. The lowest BCUT2D eigenvalue weighted by molar-refractivity contribution is -0.140. The molecule has 0 aliphatic heterocycles. The molecule has 1 fully saturated rings. The van der Waals surface area contributed by atoms with Crippen LogP contribution < -0.4 is 10.1 Å². The van der Waals surface area contributed by atoms with E-state index in [0.29, 0.717) is 18.6 Å². The van der Waals surface area contributed by atoms with E-state index in [2.05, 4.69) is 41.7 Å². The number of ether oxygens (including phenoxy) is 1. The Kier molecular flexibility index (Phi) is 6.27. The molecule has 0 bridgehead atoms. The zero-order valence-electron chi connectivity index (χ0n) is 20.7. The quantitative estimate of drug-likeness (QED) is 0.284. The van der Waals surface area contributed by atoms with Crippen molar-refractivity contribution in [2.75, 3.05) is 12.4 Å². The number of anilines is 1. The average molecular weight is 483 g/mol. The standard InChI is InChI=1S/C30H30N2O4/c1-19(18-21-4-14-26(35-3)15-5-21)31-27-20(2)32-36-28(27)24-8-6-22(7-9-24)23-10-12-25(13-11-23)30(16-17-30)29(33)34/h4-15,19,31H,16-18H2,1-3H3,(H,33,34). The molecule has 1 aliphatic rings. The van der Waals surface area contributed by atoms with Crippen LogP contribution in [-0.2, 0) is 16.6 Å². The van der Waals surface area contributed by atoms with Gasteiger partial charge in [0.05, 0.1) is 12.5 Å². The Morgan fingerprint density at radius 1 is 1.00 bits per heavy atom. The van der Waals surface area contributed by atoms with Crippen LogP contribution in [-0.4, -0.2) is 29.4 Å². The molecule has 184 valence electrons. The van der Waals surface area contributed by atoms with Gasteiger partial charge in [-0.2, -0.15) is 0 Å². The number of methoxy groups -OCH3 is 1. The van der Waals surface area contributed by atoms with Crippen molar-refractivity contribution >= 4 is 11.7 Å². The Labute approximate surface area is 210 Å². The number of aryl methyl sites for hydroxylation is 1. The van der Waals surface area contributed by atoms with Gasteiger partial charge in [0, 0.05) is 11.6 Å². The third kappa shape index (κ3) is 4.59. The van der Waals surface area contributed by atoms with E-state index in [9.17, 15) is 9.90 Å². The smallest absolute Gasteiger partial charge is 0.314 e. The van der Waals surface area contributed by atoms with Crippen molar-refractivity contribution in [2.45, 2.75) is 44.6 Å². The molecule has 1 aromatic heterocycles. The van der Waals surface area contributed by atoms with Crippen molar-refractivity contribution in [3.8, 4) is 28.2 Å². The molecule has 5 rings (SSSR count). The summed E-state index contributed by atoms with van der Waals surface area (Å²) in [5.74, 6) is 0.834. The second-order valence-electron chi connectivity index (χ2n) is 9.61. The molecule has 6 heteroatoms. The molecule has 0 radical (unpaired) electrons. The van der Waals surface area contributed by atoms with Gasteiger partial charge in [-0.15, -0.1) is 0 Å². The predicted molar refractivity (Wildman–Crippen MR) is 140 cm³/mol. The Morgan fingerprint density at radius 3 is 2.14 bits per heavy atom. The van der Waals surface area contributed by atoms with Gasteiger partial charge in [-0.1, -0.05) is 65.8 Å². The summed E-state index contributed by atoms with van der Waals surface area (Å²) in [6.45, 7) is 4.08. The molecule has 2 N–H and O–H groups in total. The number of aromatic nitrogens is 1. The second-order valence-corrected chi connectivity index (χ2v) is 9.61. The molecular formula is C30H30N2O4. The lowest BCUT2D eigenvalue weighted by Crippen LogP contribution is -2.19. The number of rotatable bonds is 9. The first-order valence-corrected chi connectivity index (χ1v) is 12.2. The fourth-order valence-corrected chi connectivity index (χ4v) is 4.70. The van der Waals surface area contributed by atoms with Crippen LogP contribution in [0.5, 0.6) is 5.75 Å². The maximum atomic E-state index is 11.6. The molecule has 0 amide bonds. The molecule has 36 heavy (non-hydrogen) atoms. The normalized spacial score (nSPS) is 14.8. The molecule has 0 saturated heterocycles. The summed E-state index contributed by atoms with van der Waals surface area (Å²) in [7, 11) is 1.67. The third-order valence-corrected chi connectivity index (χ3v) is 7.03. The molecule has 6 nitrogen and oxygen atoms in total. The first-order valence-electron chi connectivity index (χ1n) is 12.2. The predicted octanol–water partition coefficient (Wildman–Crippen LogP) is 6.48. The minimum absolute atomic E-state index is 0.175. The van der Waals surface area contributed by atoms with Crippen LogP contribution in [0.4, 0.5) is 5.69 Å².